The third-order valence-corrected chi connectivity index (χ3v) is 4.19. The summed E-state index contributed by atoms with van der Waals surface area (Å²) in [6.45, 7) is 1.56. The average Bonchev–Trinajstić information content (AvgIpc) is 2.65. The molecule has 1 N–H and O–H groups in total. The van der Waals surface area contributed by atoms with Crippen LogP contribution in [0.25, 0.3) is 11.1 Å². The number of nitrogens with zero attached hydrogens (tertiary/aromatic N) is 2. The Balaban J connectivity index is 2.16. The number of anilines is 2. The topological polar surface area (TPSA) is 53.4 Å². The van der Waals surface area contributed by atoms with Crippen molar-refractivity contribution < 1.29 is 18.7 Å². The van der Waals surface area contributed by atoms with Gasteiger partial charge in [0, 0.05) is 13.2 Å². The maximum Gasteiger partial charge on any atom is 0.339 e. The predicted octanol–water partition coefficient (Wildman–Crippen LogP) is 4.80. The van der Waals surface area contributed by atoms with Gasteiger partial charge in [0.05, 0.1) is 0 Å². The van der Waals surface area contributed by atoms with E-state index in [9.17, 15) is 14.3 Å². The molecule has 0 unspecified atom stereocenters. The highest BCUT2D eigenvalue weighted by Crippen LogP contribution is 2.36. The summed E-state index contributed by atoms with van der Waals surface area (Å²) in [6, 6.07) is 13.0. The Labute approximate surface area is 149 Å². The maximum atomic E-state index is 15.0. The predicted molar refractivity (Wildman–Crippen MR) is 95.8 cm³/mol. The first-order chi connectivity index (χ1) is 12.4. The van der Waals surface area contributed by atoms with E-state index >= 15 is 4.39 Å². The SMILES string of the molecule is Cc1c(-c2ccccc2)cc(F)c(N(C)c2ncccc2C(=O)O)c1F. The molecule has 1 heterocycles. The number of hydrogen-bond acceptors (Lipinski definition) is 3. The molecule has 6 heteroatoms. The molecule has 2 aromatic carbocycles. The van der Waals surface area contributed by atoms with Crippen LogP contribution >= 0.6 is 0 Å². The summed E-state index contributed by atoms with van der Waals surface area (Å²) in [5.41, 5.74) is 0.924. The van der Waals surface area contributed by atoms with Gasteiger partial charge in [-0.3, -0.25) is 0 Å². The van der Waals surface area contributed by atoms with E-state index in [4.69, 9.17) is 0 Å². The van der Waals surface area contributed by atoms with E-state index in [-0.39, 0.29) is 22.6 Å². The lowest BCUT2D eigenvalue weighted by molar-refractivity contribution is 0.0697. The summed E-state index contributed by atoms with van der Waals surface area (Å²) in [5, 5.41) is 9.29. The average molecular weight is 354 g/mol. The Hall–Kier alpha value is -3.28. The molecule has 0 amide bonds. The smallest absolute Gasteiger partial charge is 0.339 e. The second-order valence-electron chi connectivity index (χ2n) is 5.80. The highest BCUT2D eigenvalue weighted by Gasteiger charge is 2.24. The molecule has 0 saturated heterocycles. The normalized spacial score (nSPS) is 10.6. The van der Waals surface area contributed by atoms with Crippen molar-refractivity contribution in [2.45, 2.75) is 6.92 Å². The molecule has 0 fully saturated rings. The largest absolute Gasteiger partial charge is 0.478 e. The Morgan fingerprint density at radius 1 is 1.12 bits per heavy atom. The number of carboxylic acids is 1. The Bertz CT molecular complexity index is 975. The van der Waals surface area contributed by atoms with Gasteiger partial charge in [0.25, 0.3) is 0 Å². The Morgan fingerprint density at radius 3 is 2.46 bits per heavy atom. The van der Waals surface area contributed by atoms with E-state index in [0.717, 1.165) is 4.90 Å². The molecule has 3 aromatic rings. The van der Waals surface area contributed by atoms with Gasteiger partial charge >= 0.3 is 5.97 Å². The number of halogens is 2. The molecule has 0 radical (unpaired) electrons. The number of carbonyl (C=O) groups is 1. The van der Waals surface area contributed by atoms with Crippen LogP contribution < -0.4 is 4.90 Å². The van der Waals surface area contributed by atoms with Gasteiger partial charge in [-0.2, -0.15) is 0 Å². The molecule has 1 aromatic heterocycles. The van der Waals surface area contributed by atoms with E-state index in [1.54, 1.807) is 31.2 Å². The van der Waals surface area contributed by atoms with Crippen molar-refractivity contribution in [1.29, 1.82) is 0 Å². The highest BCUT2D eigenvalue weighted by atomic mass is 19.1. The zero-order valence-corrected chi connectivity index (χ0v) is 14.2. The number of carboxylic acid groups (broad SMARTS) is 1. The van der Waals surface area contributed by atoms with Gasteiger partial charge in [-0.1, -0.05) is 30.3 Å². The summed E-state index contributed by atoms with van der Waals surface area (Å²) in [4.78, 5) is 16.5. The fraction of sp³-hybridized carbons (Fsp3) is 0.100. The summed E-state index contributed by atoms with van der Waals surface area (Å²) in [7, 11) is 1.39. The van der Waals surface area contributed by atoms with Crippen molar-refractivity contribution in [3.8, 4) is 11.1 Å². The van der Waals surface area contributed by atoms with Crippen LogP contribution in [-0.4, -0.2) is 23.1 Å². The quantitative estimate of drug-likeness (QED) is 0.731. The van der Waals surface area contributed by atoms with E-state index in [1.165, 1.54) is 31.4 Å². The number of benzene rings is 2. The molecule has 0 aliphatic carbocycles. The molecule has 0 spiro atoms. The van der Waals surface area contributed by atoms with E-state index in [0.29, 0.717) is 11.1 Å². The van der Waals surface area contributed by atoms with Gasteiger partial charge in [0.2, 0.25) is 0 Å². The first kappa shape index (κ1) is 17.5. The van der Waals surface area contributed by atoms with Crippen molar-refractivity contribution in [3.05, 3.63) is 77.5 Å². The number of aromatic carboxylic acids is 1. The van der Waals surface area contributed by atoms with Crippen LogP contribution in [0.5, 0.6) is 0 Å². The van der Waals surface area contributed by atoms with Gasteiger partial charge in [0.1, 0.15) is 17.1 Å². The van der Waals surface area contributed by atoms with Gasteiger partial charge < -0.3 is 10.0 Å². The molecule has 4 nitrogen and oxygen atoms in total. The summed E-state index contributed by atoms with van der Waals surface area (Å²) in [6.07, 6.45) is 1.37. The fourth-order valence-electron chi connectivity index (χ4n) is 2.87. The van der Waals surface area contributed by atoms with Gasteiger partial charge in [-0.05, 0) is 41.8 Å². The molecule has 3 rings (SSSR count). The van der Waals surface area contributed by atoms with Crippen molar-refractivity contribution in [3.63, 3.8) is 0 Å². The van der Waals surface area contributed by atoms with Crippen molar-refractivity contribution >= 4 is 17.5 Å². The Morgan fingerprint density at radius 2 is 1.81 bits per heavy atom. The summed E-state index contributed by atoms with van der Waals surface area (Å²) >= 11 is 0. The van der Waals surface area contributed by atoms with E-state index in [2.05, 4.69) is 4.98 Å². The molecular weight excluding hydrogens is 338 g/mol. The minimum absolute atomic E-state index is 0.0374. The highest BCUT2D eigenvalue weighted by molar-refractivity contribution is 5.94. The molecule has 0 saturated carbocycles. The van der Waals surface area contributed by atoms with Crippen LogP contribution in [0.4, 0.5) is 20.3 Å². The van der Waals surface area contributed by atoms with Crippen molar-refractivity contribution in [2.24, 2.45) is 0 Å². The lowest BCUT2D eigenvalue weighted by Gasteiger charge is -2.23. The minimum atomic E-state index is -1.22. The number of rotatable bonds is 4. The fourth-order valence-corrected chi connectivity index (χ4v) is 2.87. The zero-order valence-electron chi connectivity index (χ0n) is 14.2. The summed E-state index contributed by atoms with van der Waals surface area (Å²) in [5.74, 6) is -2.81. The lowest BCUT2D eigenvalue weighted by Crippen LogP contribution is -2.19. The summed E-state index contributed by atoms with van der Waals surface area (Å²) < 4.78 is 29.8. The second kappa shape index (κ2) is 6.92. The minimum Gasteiger partial charge on any atom is -0.478 e. The number of aromatic nitrogens is 1. The third kappa shape index (κ3) is 3.01. The first-order valence-corrected chi connectivity index (χ1v) is 7.88. The molecule has 0 bridgehead atoms. The van der Waals surface area contributed by atoms with Gasteiger partial charge in [-0.25, -0.2) is 18.6 Å². The van der Waals surface area contributed by atoms with Crippen LogP contribution in [-0.2, 0) is 0 Å². The van der Waals surface area contributed by atoms with Crippen molar-refractivity contribution in [2.75, 3.05) is 11.9 Å². The molecule has 0 aliphatic heterocycles. The van der Waals surface area contributed by atoms with Crippen molar-refractivity contribution in [1.82, 2.24) is 4.98 Å². The van der Waals surface area contributed by atoms with Crippen LogP contribution in [0.2, 0.25) is 0 Å². The second-order valence-corrected chi connectivity index (χ2v) is 5.80. The third-order valence-electron chi connectivity index (χ3n) is 4.19. The first-order valence-electron chi connectivity index (χ1n) is 7.88. The lowest BCUT2D eigenvalue weighted by atomic mass is 9.98. The van der Waals surface area contributed by atoms with Crippen LogP contribution in [0.3, 0.4) is 0 Å². The van der Waals surface area contributed by atoms with Crippen LogP contribution in [0.15, 0.2) is 54.7 Å². The van der Waals surface area contributed by atoms with Gasteiger partial charge in [0.15, 0.2) is 11.6 Å². The van der Waals surface area contributed by atoms with Gasteiger partial charge in [-0.15, -0.1) is 0 Å². The maximum absolute atomic E-state index is 15.0. The van der Waals surface area contributed by atoms with Crippen LogP contribution in [0.1, 0.15) is 15.9 Å². The van der Waals surface area contributed by atoms with Crippen LogP contribution in [0, 0.1) is 18.6 Å². The standard InChI is InChI=1S/C20H16F2N2O2/c1-12-15(13-7-4-3-5-8-13)11-16(21)18(17(12)22)24(2)19-14(20(25)26)9-6-10-23-19/h3-11H,1-2H3,(H,25,26). The number of pyridine rings is 1. The monoisotopic (exact) mass is 354 g/mol. The molecule has 0 aliphatic rings. The van der Waals surface area contributed by atoms with E-state index in [1.807, 2.05) is 6.07 Å². The van der Waals surface area contributed by atoms with E-state index < -0.39 is 17.6 Å². The zero-order chi connectivity index (χ0) is 18.8. The molecule has 132 valence electrons. The molecule has 26 heavy (non-hydrogen) atoms. The number of hydrogen-bond donors (Lipinski definition) is 1. The Kier molecular flexibility index (Phi) is 4.67. The molecular formula is C20H16F2N2O2. The molecule has 0 atom stereocenters.